The van der Waals surface area contributed by atoms with Crippen LogP contribution in [-0.4, -0.2) is 18.5 Å². The van der Waals surface area contributed by atoms with Gasteiger partial charge in [0.1, 0.15) is 0 Å². The molecule has 0 aliphatic heterocycles. The molecule has 16 heavy (non-hydrogen) atoms. The number of rotatable bonds is 2. The van der Waals surface area contributed by atoms with Gasteiger partial charge in [0.05, 0.1) is 5.92 Å². The van der Waals surface area contributed by atoms with Crippen LogP contribution in [0.1, 0.15) is 47.0 Å². The molecule has 0 aromatic heterocycles. The van der Waals surface area contributed by atoms with E-state index >= 15 is 0 Å². The van der Waals surface area contributed by atoms with Crippen molar-refractivity contribution in [1.82, 2.24) is 5.32 Å². The lowest BCUT2D eigenvalue weighted by Gasteiger charge is -2.34. The third-order valence-electron chi connectivity index (χ3n) is 3.37. The van der Waals surface area contributed by atoms with Crippen molar-refractivity contribution in [2.75, 3.05) is 6.54 Å². The average molecular weight is 226 g/mol. The van der Waals surface area contributed by atoms with Gasteiger partial charge in [0.25, 0.3) is 0 Å². The summed E-state index contributed by atoms with van der Waals surface area (Å²) in [6.45, 7) is 9.23. The number of nitrogens with one attached hydrogen (secondary N) is 1. The fraction of sp³-hybridized carbons (Fsp3) is 0.923. The van der Waals surface area contributed by atoms with E-state index in [9.17, 15) is 4.79 Å². The Morgan fingerprint density at radius 3 is 2.50 bits per heavy atom. The Hall–Kier alpha value is -0.570. The van der Waals surface area contributed by atoms with E-state index in [0.29, 0.717) is 5.92 Å². The molecule has 1 saturated carbocycles. The fourth-order valence-electron chi connectivity index (χ4n) is 2.38. The second kappa shape index (κ2) is 5.17. The van der Waals surface area contributed by atoms with E-state index < -0.39 is 0 Å². The molecule has 3 nitrogen and oxygen atoms in total. The molecule has 3 atom stereocenters. The topological polar surface area (TPSA) is 55.1 Å². The Morgan fingerprint density at radius 1 is 1.38 bits per heavy atom. The fourth-order valence-corrected chi connectivity index (χ4v) is 2.38. The molecule has 0 aromatic carbocycles. The molecular formula is C13H26N2O. The predicted molar refractivity (Wildman–Crippen MR) is 66.9 cm³/mol. The van der Waals surface area contributed by atoms with E-state index in [0.717, 1.165) is 25.8 Å². The van der Waals surface area contributed by atoms with Crippen LogP contribution in [0.5, 0.6) is 0 Å². The molecule has 0 spiro atoms. The van der Waals surface area contributed by atoms with Crippen LogP contribution in [-0.2, 0) is 4.79 Å². The van der Waals surface area contributed by atoms with Gasteiger partial charge in [-0.1, -0.05) is 34.1 Å². The van der Waals surface area contributed by atoms with Gasteiger partial charge in [-0.3, -0.25) is 4.79 Å². The van der Waals surface area contributed by atoms with Crippen LogP contribution in [0.25, 0.3) is 0 Å². The van der Waals surface area contributed by atoms with E-state index in [1.165, 1.54) is 0 Å². The van der Waals surface area contributed by atoms with Crippen molar-refractivity contribution in [3.8, 4) is 0 Å². The second-order valence-electron chi connectivity index (χ2n) is 6.38. The summed E-state index contributed by atoms with van der Waals surface area (Å²) in [5, 5.41) is 3.03. The lowest BCUT2D eigenvalue weighted by atomic mass is 9.76. The third kappa shape index (κ3) is 3.78. The van der Waals surface area contributed by atoms with Gasteiger partial charge in [0.15, 0.2) is 0 Å². The highest BCUT2D eigenvalue weighted by molar-refractivity contribution is 5.79. The van der Waals surface area contributed by atoms with Crippen molar-refractivity contribution >= 4 is 5.91 Å². The lowest BCUT2D eigenvalue weighted by Crippen LogP contribution is -2.48. The minimum absolute atomic E-state index is 0.0103. The van der Waals surface area contributed by atoms with E-state index in [-0.39, 0.29) is 23.3 Å². The van der Waals surface area contributed by atoms with E-state index in [1.807, 2.05) is 0 Å². The summed E-state index contributed by atoms with van der Waals surface area (Å²) in [6.07, 6.45) is 3.27. The van der Waals surface area contributed by atoms with Crippen LogP contribution in [0.2, 0.25) is 0 Å². The van der Waals surface area contributed by atoms with E-state index in [4.69, 9.17) is 5.73 Å². The molecule has 3 unspecified atom stereocenters. The summed E-state index contributed by atoms with van der Waals surface area (Å²) in [5.41, 5.74) is 6.19. The Morgan fingerprint density at radius 2 is 2.00 bits per heavy atom. The number of hydrogen-bond donors (Lipinski definition) is 2. The predicted octanol–water partition coefficient (Wildman–Crippen LogP) is 1.91. The molecule has 1 rings (SSSR count). The SMILES string of the molecule is CC1CCCC(N)C1C(=O)NCC(C)(C)C. The van der Waals surface area contributed by atoms with Crippen LogP contribution in [0.15, 0.2) is 0 Å². The van der Waals surface area contributed by atoms with Crippen LogP contribution >= 0.6 is 0 Å². The first-order valence-corrected chi connectivity index (χ1v) is 6.34. The van der Waals surface area contributed by atoms with Crippen molar-refractivity contribution in [3.63, 3.8) is 0 Å². The maximum absolute atomic E-state index is 12.1. The summed E-state index contributed by atoms with van der Waals surface area (Å²) in [4.78, 5) is 12.1. The second-order valence-corrected chi connectivity index (χ2v) is 6.38. The van der Waals surface area contributed by atoms with Gasteiger partial charge in [-0.15, -0.1) is 0 Å². The Kier molecular flexibility index (Phi) is 4.36. The van der Waals surface area contributed by atoms with Gasteiger partial charge < -0.3 is 11.1 Å². The summed E-state index contributed by atoms with van der Waals surface area (Å²) >= 11 is 0. The number of nitrogens with two attached hydrogens (primary N) is 1. The molecule has 1 aliphatic carbocycles. The molecular weight excluding hydrogens is 200 g/mol. The summed E-state index contributed by atoms with van der Waals surface area (Å²) in [6, 6.07) is 0.0451. The molecule has 0 radical (unpaired) electrons. The van der Waals surface area contributed by atoms with Gasteiger partial charge in [0.2, 0.25) is 5.91 Å². The van der Waals surface area contributed by atoms with Crippen LogP contribution < -0.4 is 11.1 Å². The highest BCUT2D eigenvalue weighted by atomic mass is 16.1. The van der Waals surface area contributed by atoms with E-state index in [1.54, 1.807) is 0 Å². The number of carbonyl (C=O) groups excluding carboxylic acids is 1. The van der Waals surface area contributed by atoms with Crippen molar-refractivity contribution in [1.29, 1.82) is 0 Å². The lowest BCUT2D eigenvalue weighted by molar-refractivity contribution is -0.128. The van der Waals surface area contributed by atoms with Crippen LogP contribution in [0.4, 0.5) is 0 Å². The molecule has 0 bridgehead atoms. The maximum Gasteiger partial charge on any atom is 0.224 e. The summed E-state index contributed by atoms with van der Waals surface area (Å²) < 4.78 is 0. The zero-order valence-corrected chi connectivity index (χ0v) is 11.0. The highest BCUT2D eigenvalue weighted by Crippen LogP contribution is 2.29. The Bertz CT molecular complexity index is 235. The quantitative estimate of drug-likeness (QED) is 0.755. The average Bonchev–Trinajstić information content (AvgIpc) is 2.13. The van der Waals surface area contributed by atoms with Gasteiger partial charge in [-0.05, 0) is 24.2 Å². The zero-order chi connectivity index (χ0) is 12.3. The normalized spacial score (nSPS) is 31.2. The van der Waals surface area contributed by atoms with Gasteiger partial charge in [-0.25, -0.2) is 0 Å². The number of carbonyl (C=O) groups is 1. The summed E-state index contributed by atoms with van der Waals surface area (Å²) in [5.74, 6) is 0.578. The standard InChI is InChI=1S/C13H26N2O/c1-9-6-5-7-10(14)11(9)12(16)15-8-13(2,3)4/h9-11H,5-8,14H2,1-4H3,(H,15,16). The Balaban J connectivity index is 2.51. The molecule has 1 fully saturated rings. The molecule has 3 heteroatoms. The van der Waals surface area contributed by atoms with Gasteiger partial charge >= 0.3 is 0 Å². The molecule has 94 valence electrons. The largest absolute Gasteiger partial charge is 0.355 e. The van der Waals surface area contributed by atoms with Crippen molar-refractivity contribution in [2.45, 2.75) is 53.0 Å². The van der Waals surface area contributed by atoms with Crippen LogP contribution in [0, 0.1) is 17.3 Å². The molecule has 0 saturated heterocycles. The third-order valence-corrected chi connectivity index (χ3v) is 3.37. The molecule has 1 aliphatic rings. The highest BCUT2D eigenvalue weighted by Gasteiger charge is 2.34. The number of hydrogen-bond acceptors (Lipinski definition) is 2. The van der Waals surface area contributed by atoms with Crippen molar-refractivity contribution in [2.24, 2.45) is 23.0 Å². The minimum Gasteiger partial charge on any atom is -0.355 e. The first-order valence-electron chi connectivity index (χ1n) is 6.34. The van der Waals surface area contributed by atoms with Crippen molar-refractivity contribution < 1.29 is 4.79 Å². The number of amides is 1. The smallest absolute Gasteiger partial charge is 0.224 e. The zero-order valence-electron chi connectivity index (χ0n) is 11.0. The van der Waals surface area contributed by atoms with Gasteiger partial charge in [-0.2, -0.15) is 0 Å². The van der Waals surface area contributed by atoms with Crippen molar-refractivity contribution in [3.05, 3.63) is 0 Å². The molecule has 0 heterocycles. The summed E-state index contributed by atoms with van der Waals surface area (Å²) in [7, 11) is 0. The Labute approximate surface area is 99.2 Å². The maximum atomic E-state index is 12.1. The first kappa shape index (κ1) is 13.5. The van der Waals surface area contributed by atoms with Gasteiger partial charge in [0, 0.05) is 12.6 Å². The van der Waals surface area contributed by atoms with E-state index in [2.05, 4.69) is 33.0 Å². The monoisotopic (exact) mass is 226 g/mol. The van der Waals surface area contributed by atoms with Crippen LogP contribution in [0.3, 0.4) is 0 Å². The minimum atomic E-state index is 0.0103. The molecule has 1 amide bonds. The first-order chi connectivity index (χ1) is 7.31. The molecule has 0 aromatic rings. The molecule has 3 N–H and O–H groups in total.